The minimum absolute atomic E-state index is 0.220. The summed E-state index contributed by atoms with van der Waals surface area (Å²) in [4.78, 5) is 15.0. The lowest BCUT2D eigenvalue weighted by Crippen LogP contribution is -2.78. The molecule has 1 aliphatic heterocycles. The van der Waals surface area contributed by atoms with E-state index in [0.29, 0.717) is 5.57 Å². The van der Waals surface area contributed by atoms with Gasteiger partial charge in [0.1, 0.15) is 5.57 Å². The van der Waals surface area contributed by atoms with E-state index in [-0.39, 0.29) is 5.97 Å². The van der Waals surface area contributed by atoms with Crippen molar-refractivity contribution >= 4 is 5.97 Å². The average Bonchev–Trinajstić information content (AvgIpc) is 1.98. The number of nitrogens with two attached hydrogens (primary N) is 1. The molecule has 0 aliphatic carbocycles. The Labute approximate surface area is 47.3 Å². The summed E-state index contributed by atoms with van der Waals surface area (Å²) in [5, 5.41) is 0. The molecule has 0 bridgehead atoms. The van der Waals surface area contributed by atoms with E-state index in [2.05, 4.69) is 4.84 Å². The molecule has 44 valence electrons. The molecule has 3 nitrogen and oxygen atoms in total. The molecular formula is C5H8NO2+. The number of carbonyl (C=O) groups is 1. The summed E-state index contributed by atoms with van der Waals surface area (Å²) in [6.45, 7) is 3.60. The lowest BCUT2D eigenvalue weighted by Gasteiger charge is -1.81. The smallest absolute Gasteiger partial charge is 0.270 e. The van der Waals surface area contributed by atoms with E-state index in [1.165, 1.54) is 5.48 Å². The molecule has 0 spiro atoms. The fraction of sp³-hybridized carbons (Fsp3) is 0.400. The highest BCUT2D eigenvalue weighted by molar-refractivity contribution is 5.88. The lowest BCUT2D eigenvalue weighted by atomic mass is 10.3. The molecule has 1 heterocycles. The van der Waals surface area contributed by atoms with Gasteiger partial charge in [0.2, 0.25) is 0 Å². The minimum Gasteiger partial charge on any atom is -0.270 e. The quantitative estimate of drug-likeness (QED) is 0.453. The zero-order chi connectivity index (χ0) is 6.15. The number of rotatable bonds is 0. The Kier molecular flexibility index (Phi) is 1.06. The van der Waals surface area contributed by atoms with Crippen LogP contribution in [0.2, 0.25) is 0 Å². The first-order valence-corrected chi connectivity index (χ1v) is 2.43. The molecule has 3 heteroatoms. The van der Waals surface area contributed by atoms with E-state index >= 15 is 0 Å². The normalized spacial score (nSPS) is 19.5. The molecule has 1 rings (SSSR count). The van der Waals surface area contributed by atoms with Crippen LogP contribution >= 0.6 is 0 Å². The van der Waals surface area contributed by atoms with Gasteiger partial charge >= 0.3 is 5.97 Å². The summed E-state index contributed by atoms with van der Waals surface area (Å²) in [6, 6.07) is 0. The SMILES string of the molecule is CC1=C(C)C(=O)O[NH2+]1. The van der Waals surface area contributed by atoms with Crippen molar-refractivity contribution in [3.05, 3.63) is 11.3 Å². The molecule has 2 N–H and O–H groups in total. The second-order valence-corrected chi connectivity index (χ2v) is 1.83. The highest BCUT2D eigenvalue weighted by Crippen LogP contribution is 2.00. The van der Waals surface area contributed by atoms with Gasteiger partial charge in [-0.15, -0.1) is 5.48 Å². The van der Waals surface area contributed by atoms with Gasteiger partial charge in [-0.2, -0.15) is 0 Å². The molecule has 0 saturated heterocycles. The first-order chi connectivity index (χ1) is 3.72. The average molecular weight is 114 g/mol. The molecule has 0 aromatic heterocycles. The van der Waals surface area contributed by atoms with Crippen LogP contribution in [0.15, 0.2) is 11.3 Å². The first-order valence-electron chi connectivity index (χ1n) is 2.43. The number of allylic oxidation sites excluding steroid dienone is 1. The third-order valence-electron chi connectivity index (χ3n) is 1.24. The molecule has 0 amide bonds. The number of hydrogen-bond acceptors (Lipinski definition) is 2. The van der Waals surface area contributed by atoms with E-state index < -0.39 is 0 Å². The van der Waals surface area contributed by atoms with Crippen molar-refractivity contribution in [2.24, 2.45) is 0 Å². The number of carbonyl (C=O) groups excluding carboxylic acids is 1. The minimum atomic E-state index is -0.220. The molecule has 0 radical (unpaired) electrons. The van der Waals surface area contributed by atoms with E-state index in [4.69, 9.17) is 0 Å². The second kappa shape index (κ2) is 1.59. The third kappa shape index (κ3) is 0.607. The van der Waals surface area contributed by atoms with E-state index in [0.717, 1.165) is 5.70 Å². The van der Waals surface area contributed by atoms with Crippen molar-refractivity contribution in [1.29, 1.82) is 0 Å². The lowest BCUT2D eigenvalue weighted by molar-refractivity contribution is -0.829. The molecule has 0 unspecified atom stereocenters. The van der Waals surface area contributed by atoms with Crippen LogP contribution in [0.3, 0.4) is 0 Å². The Morgan fingerprint density at radius 1 is 1.50 bits per heavy atom. The van der Waals surface area contributed by atoms with E-state index in [9.17, 15) is 4.79 Å². The Balaban J connectivity index is 2.86. The van der Waals surface area contributed by atoms with Crippen molar-refractivity contribution in [3.8, 4) is 0 Å². The number of hydroxylamine groups is 1. The summed E-state index contributed by atoms with van der Waals surface area (Å²) < 4.78 is 0. The van der Waals surface area contributed by atoms with Gasteiger partial charge in [0.15, 0.2) is 5.70 Å². The van der Waals surface area contributed by atoms with Crippen LogP contribution in [-0.4, -0.2) is 5.97 Å². The van der Waals surface area contributed by atoms with Gasteiger partial charge in [-0.1, -0.05) is 0 Å². The van der Waals surface area contributed by atoms with Crippen molar-refractivity contribution in [2.75, 3.05) is 0 Å². The highest BCUT2D eigenvalue weighted by atomic mass is 16.7. The van der Waals surface area contributed by atoms with Crippen LogP contribution in [0.1, 0.15) is 13.8 Å². The Bertz CT molecular complexity index is 160. The van der Waals surface area contributed by atoms with Gasteiger partial charge in [-0.25, -0.2) is 4.79 Å². The summed E-state index contributed by atoms with van der Waals surface area (Å²) >= 11 is 0. The molecular weight excluding hydrogens is 106 g/mol. The molecule has 1 aliphatic rings. The topological polar surface area (TPSA) is 42.9 Å². The molecule has 0 fully saturated rings. The predicted octanol–water partition coefficient (Wildman–Crippen LogP) is -0.685. The van der Waals surface area contributed by atoms with Gasteiger partial charge in [-0.3, -0.25) is 4.84 Å². The largest absolute Gasteiger partial charge is 0.399 e. The standard InChI is InChI=1S/C5H7NO2/c1-3-4(2)6-8-5(3)7/h6H,1-2H3/p+1. The van der Waals surface area contributed by atoms with Gasteiger partial charge in [0.05, 0.1) is 0 Å². The van der Waals surface area contributed by atoms with Gasteiger partial charge in [-0.05, 0) is 6.92 Å². The monoisotopic (exact) mass is 114 g/mol. The number of quaternary nitrogens is 1. The van der Waals surface area contributed by atoms with Gasteiger partial charge < -0.3 is 0 Å². The second-order valence-electron chi connectivity index (χ2n) is 1.83. The molecule has 0 atom stereocenters. The van der Waals surface area contributed by atoms with Crippen LogP contribution in [0.5, 0.6) is 0 Å². The Morgan fingerprint density at radius 2 is 2.12 bits per heavy atom. The van der Waals surface area contributed by atoms with Crippen molar-refractivity contribution < 1.29 is 15.1 Å². The summed E-state index contributed by atoms with van der Waals surface area (Å²) in [5.74, 6) is -0.220. The van der Waals surface area contributed by atoms with E-state index in [1.807, 2.05) is 6.92 Å². The maximum atomic E-state index is 10.5. The molecule has 0 aromatic carbocycles. The van der Waals surface area contributed by atoms with Crippen molar-refractivity contribution in [3.63, 3.8) is 0 Å². The fourth-order valence-corrected chi connectivity index (χ4v) is 0.480. The van der Waals surface area contributed by atoms with Crippen LogP contribution in [0.25, 0.3) is 0 Å². The first kappa shape index (κ1) is 5.31. The van der Waals surface area contributed by atoms with Crippen molar-refractivity contribution in [2.45, 2.75) is 13.8 Å². The maximum absolute atomic E-state index is 10.5. The Morgan fingerprint density at radius 3 is 2.25 bits per heavy atom. The molecule has 0 saturated carbocycles. The maximum Gasteiger partial charge on any atom is 0.399 e. The summed E-state index contributed by atoms with van der Waals surface area (Å²) in [5.41, 5.74) is 3.11. The molecule has 8 heavy (non-hydrogen) atoms. The van der Waals surface area contributed by atoms with Gasteiger partial charge in [0, 0.05) is 6.92 Å². The van der Waals surface area contributed by atoms with E-state index in [1.54, 1.807) is 6.92 Å². The summed E-state index contributed by atoms with van der Waals surface area (Å²) in [6.07, 6.45) is 0. The third-order valence-corrected chi connectivity index (χ3v) is 1.24. The number of hydrogen-bond donors (Lipinski definition) is 1. The predicted molar refractivity (Wildman–Crippen MR) is 26.4 cm³/mol. The fourth-order valence-electron chi connectivity index (χ4n) is 0.480. The zero-order valence-electron chi connectivity index (χ0n) is 4.89. The van der Waals surface area contributed by atoms with Crippen LogP contribution in [0, 0.1) is 0 Å². The molecule has 0 aromatic rings. The highest BCUT2D eigenvalue weighted by Gasteiger charge is 2.21. The van der Waals surface area contributed by atoms with Gasteiger partial charge in [0.25, 0.3) is 0 Å². The van der Waals surface area contributed by atoms with Crippen LogP contribution in [0.4, 0.5) is 0 Å². The zero-order valence-corrected chi connectivity index (χ0v) is 4.89. The van der Waals surface area contributed by atoms with Crippen LogP contribution < -0.4 is 5.48 Å². The summed E-state index contributed by atoms with van der Waals surface area (Å²) in [7, 11) is 0. The van der Waals surface area contributed by atoms with Crippen LogP contribution in [-0.2, 0) is 9.63 Å². The Hall–Kier alpha value is -0.830. The van der Waals surface area contributed by atoms with Crippen molar-refractivity contribution in [1.82, 2.24) is 0 Å².